The highest BCUT2D eigenvalue weighted by molar-refractivity contribution is 14.1. The van der Waals surface area contributed by atoms with Crippen molar-refractivity contribution >= 4 is 22.6 Å². The van der Waals surface area contributed by atoms with Gasteiger partial charge in [-0.25, -0.2) is 4.98 Å². The summed E-state index contributed by atoms with van der Waals surface area (Å²) < 4.78 is 6.08. The van der Waals surface area contributed by atoms with Crippen LogP contribution in [0.3, 0.4) is 0 Å². The highest BCUT2D eigenvalue weighted by atomic mass is 127. The Bertz CT molecular complexity index is 459. The second kappa shape index (κ2) is 4.57. The summed E-state index contributed by atoms with van der Waals surface area (Å²) in [7, 11) is 1.65. The number of nitrogens with zero attached hydrogens (tertiary/aromatic N) is 2. The van der Waals surface area contributed by atoms with Gasteiger partial charge in [-0.3, -0.25) is 4.98 Å². The Kier molecular flexibility index (Phi) is 3.15. The van der Waals surface area contributed by atoms with E-state index in [0.29, 0.717) is 0 Å². The predicted octanol–water partition coefficient (Wildman–Crippen LogP) is 2.76. The number of aromatic nitrogens is 2. The molecule has 0 spiro atoms. The molecular weight excluding hydrogens is 303 g/mol. The van der Waals surface area contributed by atoms with Crippen molar-refractivity contribution in [3.63, 3.8) is 0 Å². The first-order valence-corrected chi connectivity index (χ1v) is 5.50. The van der Waals surface area contributed by atoms with Crippen molar-refractivity contribution in [3.05, 3.63) is 40.2 Å². The summed E-state index contributed by atoms with van der Waals surface area (Å²) >= 11 is 2.16. The van der Waals surface area contributed by atoms with Gasteiger partial charge in [-0.2, -0.15) is 0 Å². The first-order chi connectivity index (χ1) is 7.29. The molecule has 0 aromatic carbocycles. The SMILES string of the molecule is COc1cc(I)nc(-c2ccccn2)c1. The number of pyridine rings is 2. The largest absolute Gasteiger partial charge is 0.497 e. The van der Waals surface area contributed by atoms with Gasteiger partial charge in [0, 0.05) is 18.3 Å². The van der Waals surface area contributed by atoms with E-state index in [4.69, 9.17) is 4.74 Å². The molecule has 0 aliphatic rings. The van der Waals surface area contributed by atoms with Crippen LogP contribution in [0.15, 0.2) is 36.5 Å². The second-order valence-electron chi connectivity index (χ2n) is 2.93. The predicted molar refractivity (Wildman–Crippen MR) is 66.7 cm³/mol. The molecule has 2 heterocycles. The summed E-state index contributed by atoms with van der Waals surface area (Å²) in [6.07, 6.45) is 1.75. The van der Waals surface area contributed by atoms with Crippen LogP contribution < -0.4 is 4.74 Å². The van der Waals surface area contributed by atoms with Crippen molar-refractivity contribution in [1.29, 1.82) is 0 Å². The molecule has 0 radical (unpaired) electrons. The molecule has 0 amide bonds. The van der Waals surface area contributed by atoms with Crippen molar-refractivity contribution < 1.29 is 4.74 Å². The average Bonchev–Trinajstić information content (AvgIpc) is 2.29. The van der Waals surface area contributed by atoms with Crippen LogP contribution in [-0.2, 0) is 0 Å². The highest BCUT2D eigenvalue weighted by Crippen LogP contribution is 2.21. The Morgan fingerprint density at radius 2 is 2.07 bits per heavy atom. The lowest BCUT2D eigenvalue weighted by Crippen LogP contribution is -1.92. The van der Waals surface area contributed by atoms with Crippen LogP contribution >= 0.6 is 22.6 Å². The molecule has 0 saturated heterocycles. The monoisotopic (exact) mass is 312 g/mol. The van der Waals surface area contributed by atoms with Crippen molar-refractivity contribution in [3.8, 4) is 17.1 Å². The number of hydrogen-bond donors (Lipinski definition) is 0. The van der Waals surface area contributed by atoms with Crippen LogP contribution in [0.25, 0.3) is 11.4 Å². The Morgan fingerprint density at radius 3 is 2.73 bits per heavy atom. The molecule has 0 N–H and O–H groups in total. The fraction of sp³-hybridized carbons (Fsp3) is 0.0909. The summed E-state index contributed by atoms with van der Waals surface area (Å²) in [5, 5.41) is 0. The average molecular weight is 312 g/mol. The van der Waals surface area contributed by atoms with Gasteiger partial charge in [0.05, 0.1) is 18.5 Å². The standard InChI is InChI=1S/C11H9IN2O/c1-15-8-6-10(14-11(12)7-8)9-4-2-3-5-13-9/h2-7H,1H3. The lowest BCUT2D eigenvalue weighted by molar-refractivity contribution is 0.414. The number of hydrogen-bond acceptors (Lipinski definition) is 3. The van der Waals surface area contributed by atoms with Gasteiger partial charge in [0.25, 0.3) is 0 Å². The van der Waals surface area contributed by atoms with E-state index in [0.717, 1.165) is 20.8 Å². The maximum Gasteiger partial charge on any atom is 0.123 e. The molecular formula is C11H9IN2O. The molecule has 3 nitrogen and oxygen atoms in total. The van der Waals surface area contributed by atoms with E-state index in [1.807, 2.05) is 30.3 Å². The minimum absolute atomic E-state index is 0.801. The topological polar surface area (TPSA) is 35.0 Å². The Balaban J connectivity index is 2.49. The summed E-state index contributed by atoms with van der Waals surface area (Å²) in [5.41, 5.74) is 1.69. The number of rotatable bonds is 2. The van der Waals surface area contributed by atoms with Gasteiger partial charge in [-0.1, -0.05) is 6.07 Å². The minimum Gasteiger partial charge on any atom is -0.497 e. The van der Waals surface area contributed by atoms with Gasteiger partial charge in [0.15, 0.2) is 0 Å². The molecule has 2 rings (SSSR count). The van der Waals surface area contributed by atoms with E-state index in [2.05, 4.69) is 32.6 Å². The Morgan fingerprint density at radius 1 is 1.20 bits per heavy atom. The molecule has 0 bridgehead atoms. The molecule has 0 aliphatic carbocycles. The van der Waals surface area contributed by atoms with Gasteiger partial charge in [-0.05, 0) is 34.7 Å². The van der Waals surface area contributed by atoms with Crippen LogP contribution in [0, 0.1) is 3.70 Å². The smallest absolute Gasteiger partial charge is 0.123 e. The molecule has 0 fully saturated rings. The zero-order valence-electron chi connectivity index (χ0n) is 8.14. The first kappa shape index (κ1) is 10.4. The normalized spacial score (nSPS) is 10.0. The Labute approximate surface area is 102 Å². The Hall–Kier alpha value is -1.17. The van der Waals surface area contributed by atoms with Crippen molar-refractivity contribution in [1.82, 2.24) is 9.97 Å². The number of halogens is 1. The third-order valence-corrected chi connectivity index (χ3v) is 2.48. The molecule has 15 heavy (non-hydrogen) atoms. The molecule has 0 saturated carbocycles. The van der Waals surface area contributed by atoms with E-state index < -0.39 is 0 Å². The fourth-order valence-electron chi connectivity index (χ4n) is 1.24. The fourth-order valence-corrected chi connectivity index (χ4v) is 1.80. The lowest BCUT2D eigenvalue weighted by Gasteiger charge is -2.04. The minimum atomic E-state index is 0.801. The van der Waals surface area contributed by atoms with Crippen LogP contribution in [-0.4, -0.2) is 17.1 Å². The van der Waals surface area contributed by atoms with Crippen molar-refractivity contribution in [2.75, 3.05) is 7.11 Å². The third kappa shape index (κ3) is 2.44. The summed E-state index contributed by atoms with van der Waals surface area (Å²) in [5.74, 6) is 0.801. The first-order valence-electron chi connectivity index (χ1n) is 4.42. The third-order valence-electron chi connectivity index (χ3n) is 1.93. The second-order valence-corrected chi connectivity index (χ2v) is 4.04. The molecule has 4 heteroatoms. The van der Waals surface area contributed by atoms with Gasteiger partial charge < -0.3 is 4.74 Å². The zero-order valence-corrected chi connectivity index (χ0v) is 10.3. The summed E-state index contributed by atoms with van der Waals surface area (Å²) in [6.45, 7) is 0. The number of ether oxygens (including phenoxy) is 1. The molecule has 0 aliphatic heterocycles. The quantitative estimate of drug-likeness (QED) is 0.632. The molecule has 0 atom stereocenters. The van der Waals surface area contributed by atoms with E-state index in [9.17, 15) is 0 Å². The molecule has 2 aromatic heterocycles. The summed E-state index contributed by atoms with van der Waals surface area (Å²) in [4.78, 5) is 8.64. The highest BCUT2D eigenvalue weighted by Gasteiger charge is 2.04. The molecule has 76 valence electrons. The van der Waals surface area contributed by atoms with E-state index in [-0.39, 0.29) is 0 Å². The van der Waals surface area contributed by atoms with Crippen molar-refractivity contribution in [2.24, 2.45) is 0 Å². The van der Waals surface area contributed by atoms with Gasteiger partial charge in [0.2, 0.25) is 0 Å². The number of methoxy groups -OCH3 is 1. The van der Waals surface area contributed by atoms with Crippen LogP contribution in [0.1, 0.15) is 0 Å². The van der Waals surface area contributed by atoms with E-state index in [1.165, 1.54) is 0 Å². The molecule has 0 unspecified atom stereocenters. The zero-order chi connectivity index (χ0) is 10.7. The van der Waals surface area contributed by atoms with Crippen LogP contribution in [0.2, 0.25) is 0 Å². The lowest BCUT2D eigenvalue weighted by atomic mass is 10.2. The van der Waals surface area contributed by atoms with Gasteiger partial charge in [-0.15, -0.1) is 0 Å². The summed E-state index contributed by atoms with van der Waals surface area (Å²) in [6, 6.07) is 9.51. The van der Waals surface area contributed by atoms with Crippen molar-refractivity contribution in [2.45, 2.75) is 0 Å². The van der Waals surface area contributed by atoms with E-state index >= 15 is 0 Å². The maximum absolute atomic E-state index is 5.18. The van der Waals surface area contributed by atoms with Crippen LogP contribution in [0.4, 0.5) is 0 Å². The molecule has 2 aromatic rings. The van der Waals surface area contributed by atoms with Gasteiger partial charge >= 0.3 is 0 Å². The maximum atomic E-state index is 5.18. The van der Waals surface area contributed by atoms with Gasteiger partial charge in [0.1, 0.15) is 9.45 Å². The van der Waals surface area contributed by atoms with Crippen LogP contribution in [0.5, 0.6) is 5.75 Å². The van der Waals surface area contributed by atoms with E-state index in [1.54, 1.807) is 13.3 Å².